The van der Waals surface area contributed by atoms with E-state index in [1.807, 2.05) is 51.1 Å². The van der Waals surface area contributed by atoms with Crippen LogP contribution in [0.25, 0.3) is 0 Å². The van der Waals surface area contributed by atoms with Crippen molar-refractivity contribution >= 4 is 55.8 Å². The van der Waals surface area contributed by atoms with Crippen molar-refractivity contribution in [1.29, 1.82) is 0 Å². The molecule has 32 heavy (non-hydrogen) atoms. The number of rotatable bonds is 6. The highest BCUT2D eigenvalue weighted by Gasteiger charge is 2.39. The maximum absolute atomic E-state index is 11.4. The largest absolute Gasteiger partial charge is 0.494 e. The standard InChI is InChI=1S/C22H22Br2N3O4P/c1-22(2,3)32(17-9-11-25-12-10-17,31-20-7-5-15(23)13-18(20)24)26-19-14-16(27(28)29)6-8-21(19)30-4/h5-14H,1-4H3/t32-/m0/s1. The molecule has 2 aromatic carbocycles. The van der Waals surface area contributed by atoms with Gasteiger partial charge in [0.15, 0.2) is 7.28 Å². The number of hydrogen-bond acceptors (Lipinski definition) is 6. The van der Waals surface area contributed by atoms with Gasteiger partial charge in [0.05, 0.1) is 16.5 Å². The van der Waals surface area contributed by atoms with Crippen molar-refractivity contribution in [3.05, 3.63) is 80.0 Å². The van der Waals surface area contributed by atoms with E-state index in [2.05, 4.69) is 36.8 Å². The zero-order chi connectivity index (χ0) is 23.5. The number of benzene rings is 2. The van der Waals surface area contributed by atoms with Crippen LogP contribution in [0.3, 0.4) is 0 Å². The number of nitro benzene ring substituents is 1. The fourth-order valence-electron chi connectivity index (χ4n) is 3.06. The third-order valence-electron chi connectivity index (χ3n) is 4.67. The third kappa shape index (κ3) is 5.05. The fraction of sp³-hybridized carbons (Fsp3) is 0.227. The molecule has 1 atom stereocenters. The van der Waals surface area contributed by atoms with Crippen molar-refractivity contribution in [2.75, 3.05) is 7.11 Å². The van der Waals surface area contributed by atoms with Gasteiger partial charge in [0, 0.05) is 39.5 Å². The fourth-order valence-corrected chi connectivity index (χ4v) is 7.37. The molecule has 0 unspecified atom stereocenters. The highest BCUT2D eigenvalue weighted by Crippen LogP contribution is 2.63. The number of hydrogen-bond donors (Lipinski definition) is 0. The highest BCUT2D eigenvalue weighted by molar-refractivity contribution is 9.11. The van der Waals surface area contributed by atoms with Crippen molar-refractivity contribution in [2.45, 2.75) is 25.9 Å². The van der Waals surface area contributed by atoms with Gasteiger partial charge in [-0.2, -0.15) is 0 Å². The van der Waals surface area contributed by atoms with Crippen molar-refractivity contribution in [2.24, 2.45) is 4.74 Å². The Labute approximate surface area is 203 Å². The van der Waals surface area contributed by atoms with E-state index in [1.165, 1.54) is 19.2 Å². The van der Waals surface area contributed by atoms with Crippen LogP contribution < -0.4 is 14.6 Å². The normalized spacial score (nSPS) is 13.2. The Kier molecular flexibility index (Phi) is 7.43. The highest BCUT2D eigenvalue weighted by atomic mass is 79.9. The van der Waals surface area contributed by atoms with Gasteiger partial charge in [0.2, 0.25) is 0 Å². The van der Waals surface area contributed by atoms with E-state index in [0.717, 1.165) is 14.2 Å². The molecule has 0 aliphatic heterocycles. The molecule has 1 aromatic heterocycles. The zero-order valence-electron chi connectivity index (χ0n) is 18.0. The summed E-state index contributed by atoms with van der Waals surface area (Å²) in [5, 5.41) is 11.8. The van der Waals surface area contributed by atoms with E-state index >= 15 is 0 Å². The molecule has 0 radical (unpaired) electrons. The maximum Gasteiger partial charge on any atom is 0.271 e. The lowest BCUT2D eigenvalue weighted by atomic mass is 10.2. The Balaban J connectivity index is 2.39. The lowest BCUT2D eigenvalue weighted by Gasteiger charge is -2.37. The van der Waals surface area contributed by atoms with Crippen LogP contribution >= 0.6 is 39.1 Å². The van der Waals surface area contributed by atoms with Gasteiger partial charge in [0.1, 0.15) is 17.2 Å². The van der Waals surface area contributed by atoms with E-state index in [1.54, 1.807) is 18.5 Å². The minimum Gasteiger partial charge on any atom is -0.494 e. The van der Waals surface area contributed by atoms with Gasteiger partial charge in [-0.1, -0.05) is 36.7 Å². The van der Waals surface area contributed by atoms with Gasteiger partial charge in [-0.15, -0.1) is 0 Å². The summed E-state index contributed by atoms with van der Waals surface area (Å²) in [4.78, 5) is 15.1. The minimum absolute atomic E-state index is 0.0730. The molecule has 7 nitrogen and oxygen atoms in total. The molecule has 0 N–H and O–H groups in total. The van der Waals surface area contributed by atoms with Crippen molar-refractivity contribution in [3.63, 3.8) is 0 Å². The van der Waals surface area contributed by atoms with Crippen LogP contribution in [0.2, 0.25) is 0 Å². The molecular formula is C22H22Br2N3O4P. The van der Waals surface area contributed by atoms with Gasteiger partial charge in [0.25, 0.3) is 5.69 Å². The number of aromatic nitrogens is 1. The molecular weight excluding hydrogens is 561 g/mol. The Morgan fingerprint density at radius 2 is 1.69 bits per heavy atom. The maximum atomic E-state index is 11.4. The first-order chi connectivity index (χ1) is 15.1. The first kappa shape index (κ1) is 24.4. The summed E-state index contributed by atoms with van der Waals surface area (Å²) in [6, 6.07) is 13.8. The summed E-state index contributed by atoms with van der Waals surface area (Å²) in [5.74, 6) is 1.04. The van der Waals surface area contributed by atoms with Crippen LogP contribution in [-0.2, 0) is 0 Å². The summed E-state index contributed by atoms with van der Waals surface area (Å²) in [7, 11) is -1.36. The van der Waals surface area contributed by atoms with Crippen LogP contribution in [0.1, 0.15) is 20.8 Å². The quantitative estimate of drug-likeness (QED) is 0.171. The predicted octanol–water partition coefficient (Wildman–Crippen LogP) is 7.47. The van der Waals surface area contributed by atoms with Crippen LogP contribution in [0.4, 0.5) is 11.4 Å². The van der Waals surface area contributed by atoms with E-state index in [9.17, 15) is 10.1 Å². The molecule has 0 aliphatic carbocycles. The lowest BCUT2D eigenvalue weighted by molar-refractivity contribution is -0.384. The van der Waals surface area contributed by atoms with Crippen LogP contribution in [0.15, 0.2) is 74.6 Å². The van der Waals surface area contributed by atoms with E-state index in [0.29, 0.717) is 17.2 Å². The smallest absolute Gasteiger partial charge is 0.271 e. The van der Waals surface area contributed by atoms with Crippen molar-refractivity contribution < 1.29 is 14.2 Å². The molecule has 0 bridgehead atoms. The molecule has 168 valence electrons. The summed E-state index contributed by atoms with van der Waals surface area (Å²) < 4.78 is 19.0. The SMILES string of the molecule is COc1ccc([N+](=O)[O-])cc1N=[P@](Oc1ccc(Br)cc1Br)(c1ccncc1)C(C)(C)C. The average molecular weight is 583 g/mol. The summed E-state index contributed by atoms with van der Waals surface area (Å²) in [6.45, 7) is 6.13. The van der Waals surface area contributed by atoms with Gasteiger partial charge in [-0.05, 0) is 52.3 Å². The summed E-state index contributed by atoms with van der Waals surface area (Å²) in [6.07, 6.45) is 3.38. The topological polar surface area (TPSA) is 86.9 Å². The minimum atomic E-state index is -2.87. The first-order valence-corrected chi connectivity index (χ1v) is 12.8. The van der Waals surface area contributed by atoms with Crippen LogP contribution in [0, 0.1) is 10.1 Å². The Morgan fingerprint density at radius 3 is 2.25 bits per heavy atom. The molecule has 0 amide bonds. The zero-order valence-corrected chi connectivity index (χ0v) is 22.0. The first-order valence-electron chi connectivity index (χ1n) is 9.57. The summed E-state index contributed by atoms with van der Waals surface area (Å²) in [5.41, 5.74) is 0.283. The van der Waals surface area contributed by atoms with E-state index in [4.69, 9.17) is 14.0 Å². The summed E-state index contributed by atoms with van der Waals surface area (Å²) >= 11 is 7.04. The monoisotopic (exact) mass is 581 g/mol. The molecule has 0 aliphatic rings. The molecule has 3 aromatic rings. The lowest BCUT2D eigenvalue weighted by Crippen LogP contribution is -2.27. The van der Waals surface area contributed by atoms with E-state index in [-0.39, 0.29) is 5.69 Å². The van der Waals surface area contributed by atoms with Gasteiger partial charge in [-0.25, -0.2) is 4.74 Å². The second kappa shape index (κ2) is 9.73. The number of methoxy groups -OCH3 is 1. The van der Waals surface area contributed by atoms with Crippen LogP contribution in [0.5, 0.6) is 11.5 Å². The van der Waals surface area contributed by atoms with Crippen LogP contribution in [-0.4, -0.2) is 22.2 Å². The number of pyridine rings is 1. The molecule has 0 saturated carbocycles. The number of non-ortho nitro benzene ring substituents is 1. The average Bonchev–Trinajstić information content (AvgIpc) is 2.74. The van der Waals surface area contributed by atoms with Crippen molar-refractivity contribution in [1.82, 2.24) is 4.98 Å². The Bertz CT molecular complexity index is 1200. The third-order valence-corrected chi connectivity index (χ3v) is 9.56. The van der Waals surface area contributed by atoms with E-state index < -0.39 is 17.4 Å². The Morgan fingerprint density at radius 1 is 1.03 bits per heavy atom. The molecule has 0 fully saturated rings. The number of nitro groups is 1. The molecule has 0 saturated heterocycles. The van der Waals surface area contributed by atoms with Gasteiger partial charge in [-0.3, -0.25) is 15.1 Å². The molecule has 1 heterocycles. The number of nitrogens with zero attached hydrogens (tertiary/aromatic N) is 3. The molecule has 10 heteroatoms. The number of ether oxygens (including phenoxy) is 1. The number of halogens is 2. The second-order valence-electron chi connectivity index (χ2n) is 7.83. The van der Waals surface area contributed by atoms with Crippen molar-refractivity contribution in [3.8, 4) is 11.5 Å². The molecule has 3 rings (SSSR count). The Hall–Kier alpha value is -2.22. The second-order valence-corrected chi connectivity index (χ2v) is 13.0. The predicted molar refractivity (Wildman–Crippen MR) is 135 cm³/mol. The molecule has 0 spiro atoms. The van der Waals surface area contributed by atoms with Gasteiger partial charge >= 0.3 is 0 Å². The van der Waals surface area contributed by atoms with Gasteiger partial charge < -0.3 is 9.26 Å².